The van der Waals surface area contributed by atoms with Crippen LogP contribution >= 0.6 is 17.2 Å². The molecule has 2 fully saturated rings. The average molecular weight is 1030 g/mol. The van der Waals surface area contributed by atoms with Gasteiger partial charge in [-0.3, -0.25) is 4.79 Å². The van der Waals surface area contributed by atoms with Gasteiger partial charge in [0.1, 0.15) is 22.5 Å². The molecule has 386 valence electrons. The predicted octanol–water partition coefficient (Wildman–Crippen LogP) is 9.82. The number of carboxylic acids is 1. The molecule has 0 aliphatic carbocycles. The SMILES string of the molecule is CC.COc1ccc(CN)cc1.COc1ccc(CNC(=O)c2c(C)cccc2C)cc1.CPP.Cc1cccc(C)c1C(=O)O.O=S(=O)(c1ccc2nnn(O)c2c1)N1CCC(N2CCCCC2)CC1. The molecule has 1 amide bonds. The zero-order valence-corrected chi connectivity index (χ0v) is 45.8. The van der Waals surface area contributed by atoms with Gasteiger partial charge < -0.3 is 35.7 Å². The van der Waals surface area contributed by atoms with Crippen LogP contribution < -0.4 is 20.5 Å². The maximum absolute atomic E-state index is 12.9. The quantitative estimate of drug-likeness (QED) is 0.0749. The minimum absolute atomic E-state index is 0.0311. The van der Waals surface area contributed by atoms with Gasteiger partial charge >= 0.3 is 5.97 Å². The van der Waals surface area contributed by atoms with Crippen LogP contribution in [-0.2, 0) is 23.1 Å². The van der Waals surface area contributed by atoms with Crippen molar-refractivity contribution in [1.29, 1.82) is 0 Å². The number of piperidine rings is 2. The fourth-order valence-corrected chi connectivity index (χ4v) is 9.52. The smallest absolute Gasteiger partial charge is 0.336 e. The number of methoxy groups -OCH3 is 2. The maximum atomic E-state index is 12.9. The lowest BCUT2D eigenvalue weighted by Gasteiger charge is -2.39. The van der Waals surface area contributed by atoms with Gasteiger partial charge in [-0.25, -0.2) is 13.2 Å². The van der Waals surface area contributed by atoms with Crippen LogP contribution in [-0.4, -0.2) is 108 Å². The minimum Gasteiger partial charge on any atom is -0.497 e. The number of aromatic nitrogens is 3. The molecular formula is C53H75N7O8P2S. The van der Waals surface area contributed by atoms with Crippen LogP contribution in [0.1, 0.15) is 100 Å². The van der Waals surface area contributed by atoms with Crippen molar-refractivity contribution in [3.05, 3.63) is 148 Å². The van der Waals surface area contributed by atoms with E-state index in [1.54, 1.807) is 50.6 Å². The lowest BCUT2D eigenvalue weighted by molar-refractivity contribution is 0.0695. The Morgan fingerprint density at radius 1 is 0.761 bits per heavy atom. The van der Waals surface area contributed by atoms with Gasteiger partial charge in [0.2, 0.25) is 10.0 Å². The Labute approximate surface area is 425 Å². The number of rotatable bonds is 10. The number of carboxylic acid groups (broad SMARTS) is 1. The van der Waals surface area contributed by atoms with Gasteiger partial charge in [0.25, 0.3) is 5.91 Å². The van der Waals surface area contributed by atoms with Crippen LogP contribution in [0.25, 0.3) is 11.0 Å². The molecule has 0 saturated carbocycles. The highest BCUT2D eigenvalue weighted by molar-refractivity contribution is 8.02. The molecule has 1 aromatic heterocycles. The Hall–Kier alpha value is -5.47. The molecule has 2 saturated heterocycles. The van der Waals surface area contributed by atoms with E-state index in [2.05, 4.69) is 36.1 Å². The normalized spacial score (nSPS) is 13.8. The van der Waals surface area contributed by atoms with E-state index in [4.69, 9.17) is 20.3 Å². The summed E-state index contributed by atoms with van der Waals surface area (Å²) >= 11 is 0. The Kier molecular flexibility index (Phi) is 26.2. The number of nitrogens with two attached hydrogens (primary N) is 1. The molecule has 5 N–H and O–H groups in total. The number of nitrogens with zero attached hydrogens (tertiary/aromatic N) is 5. The highest BCUT2D eigenvalue weighted by Gasteiger charge is 2.32. The molecule has 5 aromatic carbocycles. The molecule has 6 aromatic rings. The van der Waals surface area contributed by atoms with Crippen molar-refractivity contribution < 1.29 is 37.8 Å². The number of sulfonamides is 1. The summed E-state index contributed by atoms with van der Waals surface area (Å²) in [5, 5.41) is 28.6. The number of ether oxygens (including phenoxy) is 2. The summed E-state index contributed by atoms with van der Waals surface area (Å²) in [6.45, 7) is 18.1. The topological polar surface area (TPSA) is 202 Å². The molecule has 15 nitrogen and oxygen atoms in total. The summed E-state index contributed by atoms with van der Waals surface area (Å²) < 4.78 is 37.5. The van der Waals surface area contributed by atoms with Crippen molar-refractivity contribution >= 4 is 50.1 Å². The Morgan fingerprint density at radius 2 is 1.24 bits per heavy atom. The third-order valence-electron chi connectivity index (χ3n) is 11.8. The molecule has 3 heterocycles. The molecule has 2 aliphatic heterocycles. The van der Waals surface area contributed by atoms with E-state index in [1.165, 1.54) is 31.4 Å². The van der Waals surface area contributed by atoms with E-state index in [0.29, 0.717) is 53.7 Å². The highest BCUT2D eigenvalue weighted by atomic mass is 32.2. The monoisotopic (exact) mass is 1030 g/mol. The zero-order chi connectivity index (χ0) is 52.5. The molecule has 71 heavy (non-hydrogen) atoms. The van der Waals surface area contributed by atoms with Crippen LogP contribution in [0.15, 0.2) is 108 Å². The summed E-state index contributed by atoms with van der Waals surface area (Å²) in [7, 11) is 3.33. The standard InChI is InChI=1S/C17H19NO2.C16H23N5O3S.C9H10O2.C8H11NO.C2H6.CH6P2/c1-12-5-4-6-13(2)16(12)17(19)18-11-14-7-9-15(20-3)10-8-14;22-21-16-12-14(4-5-15(16)17-18-21)25(23,24)20-10-6-13(7-11-20)19-8-2-1-3-9-19;1-6-4-3-5-7(2)8(6)9(10)11;1-10-8-4-2-7(6-9)3-5-8;1-2;1-3-2/h4-10H,11H2,1-3H3,(H,18,19);4-5,12-13,22H,1-3,6-11H2;3-5H,1-2H3,(H,10,11);2-5H,6,9H2,1H3;1-2H3;3H,2H2,1H3. The van der Waals surface area contributed by atoms with Crippen molar-refractivity contribution in [2.75, 3.05) is 47.1 Å². The first kappa shape index (κ1) is 59.8. The number of likely N-dealkylation sites (tertiary alicyclic amines) is 1. The van der Waals surface area contributed by atoms with Crippen molar-refractivity contribution in [3.63, 3.8) is 0 Å². The number of amides is 1. The van der Waals surface area contributed by atoms with E-state index in [-0.39, 0.29) is 10.8 Å². The predicted molar refractivity (Wildman–Crippen MR) is 291 cm³/mol. The average Bonchev–Trinajstić information content (AvgIpc) is 3.76. The third kappa shape index (κ3) is 18.3. The first-order chi connectivity index (χ1) is 34.1. The lowest BCUT2D eigenvalue weighted by Crippen LogP contribution is -2.48. The first-order valence-electron chi connectivity index (χ1n) is 23.8. The molecular weight excluding hydrogens is 957 g/mol. The van der Waals surface area contributed by atoms with Crippen LogP contribution in [0.5, 0.6) is 11.5 Å². The van der Waals surface area contributed by atoms with Crippen LogP contribution in [0.4, 0.5) is 0 Å². The van der Waals surface area contributed by atoms with E-state index in [0.717, 1.165) is 84.6 Å². The number of aromatic carboxylic acids is 1. The number of fused-ring (bicyclic) bond motifs is 1. The molecule has 0 bridgehead atoms. The van der Waals surface area contributed by atoms with Crippen molar-refractivity contribution in [2.45, 2.75) is 97.7 Å². The maximum Gasteiger partial charge on any atom is 0.336 e. The number of carbonyl (C=O) groups is 2. The highest BCUT2D eigenvalue weighted by Crippen LogP contribution is 2.27. The Morgan fingerprint density at radius 3 is 1.69 bits per heavy atom. The van der Waals surface area contributed by atoms with E-state index in [9.17, 15) is 23.2 Å². The number of benzene rings is 5. The van der Waals surface area contributed by atoms with Gasteiger partial charge in [-0.15, -0.1) is 22.3 Å². The Balaban J connectivity index is 0.000000258. The van der Waals surface area contributed by atoms with Crippen molar-refractivity contribution in [2.24, 2.45) is 5.73 Å². The third-order valence-corrected chi connectivity index (χ3v) is 13.7. The van der Waals surface area contributed by atoms with Crippen molar-refractivity contribution in [3.8, 4) is 11.5 Å². The summed E-state index contributed by atoms with van der Waals surface area (Å²) in [5.74, 6) is 0.809. The molecule has 0 radical (unpaired) electrons. The number of hydrogen-bond acceptors (Lipinski definition) is 11. The summed E-state index contributed by atoms with van der Waals surface area (Å²) in [4.78, 5) is 26.2. The molecule has 2 atom stereocenters. The van der Waals surface area contributed by atoms with E-state index >= 15 is 0 Å². The van der Waals surface area contributed by atoms with Gasteiger partial charge in [0.05, 0.1) is 24.7 Å². The second-order valence-corrected chi connectivity index (χ2v) is 20.8. The van der Waals surface area contributed by atoms with E-state index in [1.807, 2.05) is 100 Å². The van der Waals surface area contributed by atoms with Crippen LogP contribution in [0.3, 0.4) is 0 Å². The second-order valence-electron chi connectivity index (χ2n) is 16.6. The van der Waals surface area contributed by atoms with Gasteiger partial charge in [0.15, 0.2) is 0 Å². The minimum atomic E-state index is -3.57. The fraction of sp³-hybridized carbons (Fsp3) is 0.396. The van der Waals surface area contributed by atoms with Gasteiger partial charge in [-0.1, -0.05) is 85.8 Å². The van der Waals surface area contributed by atoms with Gasteiger partial charge in [-0.2, -0.15) is 4.31 Å². The number of hydrogen-bond donors (Lipinski definition) is 4. The van der Waals surface area contributed by atoms with E-state index < -0.39 is 16.0 Å². The largest absolute Gasteiger partial charge is 0.497 e. The Bertz CT molecular complexity index is 2590. The summed E-state index contributed by atoms with van der Waals surface area (Å²) in [6, 6.07) is 31.8. The fourth-order valence-electron chi connectivity index (χ4n) is 8.03. The lowest BCUT2D eigenvalue weighted by atomic mass is 10.0. The number of aryl methyl sites for hydroxylation is 4. The van der Waals surface area contributed by atoms with Gasteiger partial charge in [0, 0.05) is 37.8 Å². The van der Waals surface area contributed by atoms with Crippen LogP contribution in [0.2, 0.25) is 0 Å². The molecule has 18 heteroatoms. The number of carbonyl (C=O) groups excluding carboxylic acids is 1. The first-order valence-corrected chi connectivity index (χ1v) is 28.6. The summed E-state index contributed by atoms with van der Waals surface area (Å²) in [5.41, 5.74) is 13.1. The summed E-state index contributed by atoms with van der Waals surface area (Å²) in [6.07, 6.45) is 5.56. The molecule has 2 unspecified atom stereocenters. The number of nitrogens with one attached hydrogen (secondary N) is 1. The zero-order valence-electron chi connectivity index (χ0n) is 42.8. The van der Waals surface area contributed by atoms with Gasteiger partial charge in [-0.05, 0) is 154 Å². The van der Waals surface area contributed by atoms with Crippen LogP contribution in [0, 0.1) is 27.7 Å². The molecule has 8 rings (SSSR count). The molecule has 2 aliphatic rings. The van der Waals surface area contributed by atoms with Crippen molar-refractivity contribution in [1.82, 2.24) is 29.7 Å². The second kappa shape index (κ2) is 31.1. The molecule has 0 spiro atoms.